The summed E-state index contributed by atoms with van der Waals surface area (Å²) in [5.41, 5.74) is 0.792. The van der Waals surface area contributed by atoms with Gasteiger partial charge >= 0.3 is 5.97 Å². The second kappa shape index (κ2) is 3.93. The second-order valence-corrected chi connectivity index (χ2v) is 3.95. The molecule has 0 amide bonds. The Morgan fingerprint density at radius 2 is 2.27 bits per heavy atom. The highest BCUT2D eigenvalue weighted by Gasteiger charge is 2.23. The van der Waals surface area contributed by atoms with Crippen molar-refractivity contribution in [1.82, 2.24) is 0 Å². The average molecular weight is 206 g/mol. The van der Waals surface area contributed by atoms with Gasteiger partial charge in [-0.3, -0.25) is 4.79 Å². The Hall–Kier alpha value is -1.51. The smallest absolute Gasteiger partial charge is 0.310 e. The van der Waals surface area contributed by atoms with E-state index < -0.39 is 11.9 Å². The summed E-state index contributed by atoms with van der Waals surface area (Å²) >= 11 is 0. The quantitative estimate of drug-likeness (QED) is 0.822. The fourth-order valence-electron chi connectivity index (χ4n) is 1.38. The Kier molecular flexibility index (Phi) is 2.62. The van der Waals surface area contributed by atoms with Gasteiger partial charge in [0, 0.05) is 0 Å². The highest BCUT2D eigenvalue weighted by molar-refractivity contribution is 5.75. The molecule has 2 rings (SSSR count). The van der Waals surface area contributed by atoms with E-state index in [2.05, 4.69) is 0 Å². The Morgan fingerprint density at radius 3 is 2.87 bits per heavy atom. The van der Waals surface area contributed by atoms with Crippen LogP contribution < -0.4 is 4.74 Å². The lowest BCUT2D eigenvalue weighted by Crippen LogP contribution is -2.07. The van der Waals surface area contributed by atoms with Crippen LogP contribution in [0.4, 0.5) is 0 Å². The molecule has 1 aromatic carbocycles. The fourth-order valence-corrected chi connectivity index (χ4v) is 1.38. The maximum absolute atomic E-state index is 10.8. The summed E-state index contributed by atoms with van der Waals surface area (Å²) in [6.45, 7) is 1.68. The van der Waals surface area contributed by atoms with Crippen molar-refractivity contribution in [3.05, 3.63) is 29.8 Å². The Balaban J connectivity index is 2.13. The van der Waals surface area contributed by atoms with Crippen LogP contribution in [0.5, 0.6) is 5.75 Å². The summed E-state index contributed by atoms with van der Waals surface area (Å²) < 4.78 is 5.60. The molecule has 0 spiro atoms. The molecular formula is C12H14O3. The Bertz CT molecular complexity index is 369. The lowest BCUT2D eigenvalue weighted by molar-refractivity contribution is -0.138. The Labute approximate surface area is 88.7 Å². The minimum Gasteiger partial charge on any atom is -0.490 e. The van der Waals surface area contributed by atoms with Gasteiger partial charge in [-0.2, -0.15) is 0 Å². The molecule has 0 saturated heterocycles. The molecular weight excluding hydrogens is 192 g/mol. The first-order chi connectivity index (χ1) is 7.16. The van der Waals surface area contributed by atoms with Gasteiger partial charge in [0.2, 0.25) is 0 Å². The zero-order valence-electron chi connectivity index (χ0n) is 8.64. The van der Waals surface area contributed by atoms with Gasteiger partial charge in [-0.15, -0.1) is 0 Å². The number of carboxylic acid groups (broad SMARTS) is 1. The predicted molar refractivity (Wildman–Crippen MR) is 56.1 cm³/mol. The van der Waals surface area contributed by atoms with E-state index in [1.165, 1.54) is 0 Å². The number of aliphatic carboxylic acids is 1. The van der Waals surface area contributed by atoms with Crippen LogP contribution in [0.15, 0.2) is 24.3 Å². The van der Waals surface area contributed by atoms with Crippen LogP contribution in [0.25, 0.3) is 0 Å². The van der Waals surface area contributed by atoms with Crippen LogP contribution in [0.3, 0.4) is 0 Å². The van der Waals surface area contributed by atoms with Crippen molar-refractivity contribution in [1.29, 1.82) is 0 Å². The van der Waals surface area contributed by atoms with Crippen molar-refractivity contribution in [3.8, 4) is 5.75 Å². The number of rotatable bonds is 4. The molecule has 0 aromatic heterocycles. The van der Waals surface area contributed by atoms with Gasteiger partial charge in [0.15, 0.2) is 0 Å². The molecule has 1 N–H and O–H groups in total. The third-order valence-corrected chi connectivity index (χ3v) is 2.56. The third-order valence-electron chi connectivity index (χ3n) is 2.56. The zero-order valence-corrected chi connectivity index (χ0v) is 8.64. The maximum Gasteiger partial charge on any atom is 0.310 e. The third kappa shape index (κ3) is 2.49. The van der Waals surface area contributed by atoms with Crippen molar-refractivity contribution < 1.29 is 14.6 Å². The largest absolute Gasteiger partial charge is 0.490 e. The molecule has 1 fully saturated rings. The SMILES string of the molecule is CC(C(=O)O)c1cccc(OC2CC2)c1. The summed E-state index contributed by atoms with van der Waals surface area (Å²) in [5, 5.41) is 8.88. The summed E-state index contributed by atoms with van der Waals surface area (Å²) in [5.74, 6) is -0.505. The number of ether oxygens (including phenoxy) is 1. The van der Waals surface area contributed by atoms with E-state index in [-0.39, 0.29) is 0 Å². The molecule has 1 atom stereocenters. The van der Waals surface area contributed by atoms with E-state index in [1.54, 1.807) is 6.92 Å². The van der Waals surface area contributed by atoms with Crippen molar-refractivity contribution >= 4 is 5.97 Å². The van der Waals surface area contributed by atoms with Gasteiger partial charge in [0.1, 0.15) is 5.75 Å². The van der Waals surface area contributed by atoms with E-state index in [4.69, 9.17) is 9.84 Å². The van der Waals surface area contributed by atoms with Gasteiger partial charge in [-0.05, 0) is 37.5 Å². The number of carbonyl (C=O) groups is 1. The predicted octanol–water partition coefficient (Wildman–Crippen LogP) is 2.42. The normalized spacial score (nSPS) is 17.1. The molecule has 0 heterocycles. The highest BCUT2D eigenvalue weighted by atomic mass is 16.5. The molecule has 1 aliphatic carbocycles. The number of carboxylic acids is 1. The van der Waals surface area contributed by atoms with Gasteiger partial charge < -0.3 is 9.84 Å². The zero-order chi connectivity index (χ0) is 10.8. The molecule has 3 nitrogen and oxygen atoms in total. The molecule has 0 radical (unpaired) electrons. The maximum atomic E-state index is 10.8. The molecule has 15 heavy (non-hydrogen) atoms. The van der Waals surface area contributed by atoms with Gasteiger partial charge in [0.05, 0.1) is 12.0 Å². The molecule has 1 unspecified atom stereocenters. The van der Waals surface area contributed by atoms with E-state index >= 15 is 0 Å². The van der Waals surface area contributed by atoms with Gasteiger partial charge in [0.25, 0.3) is 0 Å². The van der Waals surface area contributed by atoms with Crippen LogP contribution in [0.2, 0.25) is 0 Å². The van der Waals surface area contributed by atoms with E-state index in [9.17, 15) is 4.79 Å². The standard InChI is InChI=1S/C12H14O3/c1-8(12(13)14)9-3-2-4-11(7-9)15-10-5-6-10/h2-4,7-8,10H,5-6H2,1H3,(H,13,14). The summed E-state index contributed by atoms with van der Waals surface area (Å²) in [4.78, 5) is 10.8. The van der Waals surface area contributed by atoms with Crippen LogP contribution in [-0.4, -0.2) is 17.2 Å². The van der Waals surface area contributed by atoms with Crippen LogP contribution >= 0.6 is 0 Å². The average Bonchev–Trinajstić information content (AvgIpc) is 3.01. The Morgan fingerprint density at radius 1 is 1.53 bits per heavy atom. The number of hydrogen-bond donors (Lipinski definition) is 1. The van der Waals surface area contributed by atoms with E-state index in [1.807, 2.05) is 24.3 Å². The summed E-state index contributed by atoms with van der Waals surface area (Å²) in [6.07, 6.45) is 2.57. The lowest BCUT2D eigenvalue weighted by Gasteiger charge is -2.09. The number of benzene rings is 1. The van der Waals surface area contributed by atoms with Gasteiger partial charge in [-0.1, -0.05) is 12.1 Å². The first-order valence-corrected chi connectivity index (χ1v) is 5.16. The molecule has 1 aromatic rings. The number of hydrogen-bond acceptors (Lipinski definition) is 2. The van der Waals surface area contributed by atoms with Crippen LogP contribution in [0, 0.1) is 0 Å². The highest BCUT2D eigenvalue weighted by Crippen LogP contribution is 2.28. The molecule has 3 heteroatoms. The topological polar surface area (TPSA) is 46.5 Å². The minimum absolute atomic E-state index is 0.348. The summed E-state index contributed by atoms with van der Waals surface area (Å²) in [7, 11) is 0. The molecule has 1 saturated carbocycles. The molecule has 0 bridgehead atoms. The molecule has 0 aliphatic heterocycles. The second-order valence-electron chi connectivity index (χ2n) is 3.95. The molecule has 1 aliphatic rings. The van der Waals surface area contributed by atoms with Crippen LogP contribution in [0.1, 0.15) is 31.2 Å². The fraction of sp³-hybridized carbons (Fsp3) is 0.417. The summed E-state index contributed by atoms with van der Waals surface area (Å²) in [6, 6.07) is 7.35. The van der Waals surface area contributed by atoms with E-state index in [0.717, 1.165) is 24.2 Å². The lowest BCUT2D eigenvalue weighted by atomic mass is 10.0. The van der Waals surface area contributed by atoms with Crippen LogP contribution in [-0.2, 0) is 4.79 Å². The van der Waals surface area contributed by atoms with Gasteiger partial charge in [-0.25, -0.2) is 0 Å². The monoisotopic (exact) mass is 206 g/mol. The van der Waals surface area contributed by atoms with Crippen molar-refractivity contribution in [2.24, 2.45) is 0 Å². The van der Waals surface area contributed by atoms with E-state index in [0.29, 0.717) is 6.10 Å². The van der Waals surface area contributed by atoms with Crippen molar-refractivity contribution in [2.75, 3.05) is 0 Å². The molecule has 80 valence electrons. The van der Waals surface area contributed by atoms with Crippen molar-refractivity contribution in [2.45, 2.75) is 31.8 Å². The minimum atomic E-state index is -0.807. The van der Waals surface area contributed by atoms with Crippen molar-refractivity contribution in [3.63, 3.8) is 0 Å². The first kappa shape index (κ1) is 10.0. The first-order valence-electron chi connectivity index (χ1n) is 5.16.